The molecule has 1 atom stereocenters. The van der Waals surface area contributed by atoms with Crippen LogP contribution >= 0.6 is 27.3 Å². The van der Waals surface area contributed by atoms with Crippen LogP contribution in [0.5, 0.6) is 5.75 Å². The van der Waals surface area contributed by atoms with E-state index in [-0.39, 0.29) is 6.54 Å². The fourth-order valence-corrected chi connectivity index (χ4v) is 2.72. The first-order valence-corrected chi connectivity index (χ1v) is 7.00. The van der Waals surface area contributed by atoms with Crippen molar-refractivity contribution in [2.45, 2.75) is 6.10 Å². The third-order valence-electron chi connectivity index (χ3n) is 2.47. The lowest BCUT2D eigenvalue weighted by Crippen LogP contribution is -2.11. The minimum atomic E-state index is -0.707. The number of nitrogens with two attached hydrogens (primary N) is 1. The van der Waals surface area contributed by atoms with Crippen LogP contribution in [0, 0.1) is 0 Å². The van der Waals surface area contributed by atoms with Crippen molar-refractivity contribution in [1.29, 1.82) is 0 Å². The Morgan fingerprint density at radius 3 is 3.00 bits per heavy atom. The number of aromatic nitrogens is 1. The number of ether oxygens (including phenoxy) is 1. The number of benzene rings is 1. The van der Waals surface area contributed by atoms with Crippen molar-refractivity contribution < 1.29 is 9.84 Å². The number of nitrogens with zero attached hydrogens (tertiary/aromatic N) is 1. The molecule has 0 aliphatic rings. The Hall–Kier alpha value is -0.950. The second-order valence-corrected chi connectivity index (χ2v) is 5.47. The first-order chi connectivity index (χ1) is 8.65. The summed E-state index contributed by atoms with van der Waals surface area (Å²) in [6.07, 6.45) is -0.707. The van der Waals surface area contributed by atoms with E-state index in [1.165, 1.54) is 11.3 Å². The highest BCUT2D eigenvalue weighted by atomic mass is 79.9. The van der Waals surface area contributed by atoms with Crippen LogP contribution in [0.3, 0.4) is 0 Å². The van der Waals surface area contributed by atoms with E-state index in [9.17, 15) is 5.11 Å². The molecule has 1 heterocycles. The molecule has 1 aromatic carbocycles. The van der Waals surface area contributed by atoms with Crippen molar-refractivity contribution in [3.63, 3.8) is 0 Å². The number of hydrogen-bond donors (Lipinski definition) is 2. The maximum Gasteiger partial charge on any atom is 0.128 e. The van der Waals surface area contributed by atoms with Crippen LogP contribution in [0.1, 0.15) is 11.1 Å². The van der Waals surface area contributed by atoms with E-state index in [0.717, 1.165) is 21.5 Å². The van der Waals surface area contributed by atoms with Gasteiger partial charge in [-0.2, -0.15) is 0 Å². The molecule has 0 saturated carbocycles. The standard InChI is InChI=1S/C12H13BrN2O2S/c1-17-11-3-2-7(13)4-8(11)9-6-18-12(15-9)10(16)5-14/h2-4,6,10,16H,5,14H2,1H3. The molecule has 2 aromatic rings. The minimum Gasteiger partial charge on any atom is -0.496 e. The zero-order chi connectivity index (χ0) is 13.1. The van der Waals surface area contributed by atoms with Gasteiger partial charge in [0.15, 0.2) is 0 Å². The predicted molar refractivity (Wildman–Crippen MR) is 75.8 cm³/mol. The average molecular weight is 329 g/mol. The van der Waals surface area contributed by atoms with Gasteiger partial charge in [0.25, 0.3) is 0 Å². The minimum absolute atomic E-state index is 0.169. The Morgan fingerprint density at radius 1 is 1.56 bits per heavy atom. The molecule has 0 fully saturated rings. The Bertz CT molecular complexity index is 545. The van der Waals surface area contributed by atoms with Gasteiger partial charge in [-0.3, -0.25) is 0 Å². The molecule has 0 amide bonds. The van der Waals surface area contributed by atoms with Crippen LogP contribution in [-0.4, -0.2) is 23.7 Å². The largest absolute Gasteiger partial charge is 0.496 e. The summed E-state index contributed by atoms with van der Waals surface area (Å²) in [5.41, 5.74) is 7.08. The van der Waals surface area contributed by atoms with Gasteiger partial charge in [0.1, 0.15) is 16.9 Å². The molecule has 4 nitrogen and oxygen atoms in total. The van der Waals surface area contributed by atoms with Crippen LogP contribution in [0.2, 0.25) is 0 Å². The molecule has 0 saturated heterocycles. The fraction of sp³-hybridized carbons (Fsp3) is 0.250. The highest BCUT2D eigenvalue weighted by molar-refractivity contribution is 9.10. The van der Waals surface area contributed by atoms with Crippen LogP contribution in [0.15, 0.2) is 28.1 Å². The van der Waals surface area contributed by atoms with E-state index in [1.54, 1.807) is 7.11 Å². The van der Waals surface area contributed by atoms with E-state index in [1.807, 2.05) is 23.6 Å². The summed E-state index contributed by atoms with van der Waals surface area (Å²) >= 11 is 4.81. The Kier molecular flexibility index (Phi) is 4.34. The zero-order valence-corrected chi connectivity index (χ0v) is 12.2. The monoisotopic (exact) mass is 328 g/mol. The summed E-state index contributed by atoms with van der Waals surface area (Å²) in [7, 11) is 1.62. The predicted octanol–water partition coefficient (Wildman–Crippen LogP) is 2.57. The van der Waals surface area contributed by atoms with Gasteiger partial charge in [-0.1, -0.05) is 15.9 Å². The molecule has 0 bridgehead atoms. The summed E-state index contributed by atoms with van der Waals surface area (Å²) in [4.78, 5) is 4.39. The van der Waals surface area contributed by atoms with Crippen molar-refractivity contribution in [1.82, 2.24) is 4.98 Å². The summed E-state index contributed by atoms with van der Waals surface area (Å²) in [6.45, 7) is 0.169. The van der Waals surface area contributed by atoms with Crippen molar-refractivity contribution in [3.8, 4) is 17.0 Å². The van der Waals surface area contributed by atoms with E-state index in [4.69, 9.17) is 10.5 Å². The number of aliphatic hydroxyl groups excluding tert-OH is 1. The van der Waals surface area contributed by atoms with Gasteiger partial charge in [-0.15, -0.1) is 11.3 Å². The zero-order valence-electron chi connectivity index (χ0n) is 9.76. The highest BCUT2D eigenvalue weighted by Crippen LogP contribution is 2.34. The van der Waals surface area contributed by atoms with Gasteiger partial charge in [0.2, 0.25) is 0 Å². The van der Waals surface area contributed by atoms with Gasteiger partial charge in [-0.25, -0.2) is 4.98 Å². The molecular formula is C12H13BrN2O2S. The quantitative estimate of drug-likeness (QED) is 0.905. The average Bonchev–Trinajstić information content (AvgIpc) is 2.87. The highest BCUT2D eigenvalue weighted by Gasteiger charge is 2.14. The number of thiazole rings is 1. The van der Waals surface area contributed by atoms with E-state index in [0.29, 0.717) is 5.01 Å². The Morgan fingerprint density at radius 2 is 2.33 bits per heavy atom. The van der Waals surface area contributed by atoms with Crippen LogP contribution < -0.4 is 10.5 Å². The smallest absolute Gasteiger partial charge is 0.128 e. The lowest BCUT2D eigenvalue weighted by Gasteiger charge is -2.07. The lowest BCUT2D eigenvalue weighted by atomic mass is 10.1. The molecule has 0 spiro atoms. The number of rotatable bonds is 4. The van der Waals surface area contributed by atoms with Gasteiger partial charge < -0.3 is 15.6 Å². The van der Waals surface area contributed by atoms with Crippen LogP contribution in [0.25, 0.3) is 11.3 Å². The number of hydrogen-bond acceptors (Lipinski definition) is 5. The SMILES string of the molecule is COc1ccc(Br)cc1-c1csc(C(O)CN)n1. The normalized spacial score (nSPS) is 12.4. The molecule has 18 heavy (non-hydrogen) atoms. The first-order valence-electron chi connectivity index (χ1n) is 5.33. The van der Waals surface area contributed by atoms with Gasteiger partial charge >= 0.3 is 0 Å². The third kappa shape index (κ3) is 2.72. The van der Waals surface area contributed by atoms with Crippen molar-refractivity contribution in [2.24, 2.45) is 5.73 Å². The Labute approximate surface area is 118 Å². The number of aliphatic hydroxyl groups is 1. The first kappa shape index (κ1) is 13.5. The van der Waals surface area contributed by atoms with Gasteiger partial charge in [-0.05, 0) is 18.2 Å². The fourth-order valence-electron chi connectivity index (χ4n) is 1.55. The topological polar surface area (TPSA) is 68.4 Å². The molecular weight excluding hydrogens is 316 g/mol. The maximum atomic E-state index is 9.65. The molecule has 96 valence electrons. The summed E-state index contributed by atoms with van der Waals surface area (Å²) < 4.78 is 6.26. The molecule has 0 aliphatic carbocycles. The number of halogens is 1. The van der Waals surface area contributed by atoms with E-state index in [2.05, 4.69) is 20.9 Å². The van der Waals surface area contributed by atoms with Gasteiger partial charge in [0.05, 0.1) is 12.8 Å². The molecule has 1 unspecified atom stereocenters. The molecule has 2 rings (SSSR count). The molecule has 3 N–H and O–H groups in total. The van der Waals surface area contributed by atoms with Crippen molar-refractivity contribution >= 4 is 27.3 Å². The summed E-state index contributed by atoms with van der Waals surface area (Å²) in [5, 5.41) is 12.2. The van der Waals surface area contributed by atoms with Gasteiger partial charge in [0, 0.05) is 22.0 Å². The van der Waals surface area contributed by atoms with Crippen molar-refractivity contribution in [3.05, 3.63) is 33.1 Å². The van der Waals surface area contributed by atoms with Crippen LogP contribution in [-0.2, 0) is 0 Å². The molecule has 0 aliphatic heterocycles. The van der Waals surface area contributed by atoms with E-state index >= 15 is 0 Å². The summed E-state index contributed by atoms with van der Waals surface area (Å²) in [5.74, 6) is 0.747. The molecule has 0 radical (unpaired) electrons. The Balaban J connectivity index is 2.42. The second-order valence-electron chi connectivity index (χ2n) is 3.67. The summed E-state index contributed by atoms with van der Waals surface area (Å²) in [6, 6.07) is 5.72. The number of methoxy groups -OCH3 is 1. The molecule has 1 aromatic heterocycles. The molecule has 6 heteroatoms. The van der Waals surface area contributed by atoms with E-state index < -0.39 is 6.10 Å². The second kappa shape index (κ2) is 5.79. The van der Waals surface area contributed by atoms with Crippen LogP contribution in [0.4, 0.5) is 0 Å². The van der Waals surface area contributed by atoms with Crippen molar-refractivity contribution in [2.75, 3.05) is 13.7 Å². The lowest BCUT2D eigenvalue weighted by molar-refractivity contribution is 0.186. The maximum absolute atomic E-state index is 9.65. The third-order valence-corrected chi connectivity index (χ3v) is 3.91.